The third-order valence-corrected chi connectivity index (χ3v) is 2.80. The molecule has 0 bridgehead atoms. The molecular formula is C11H13ClN4O2. The van der Waals surface area contributed by atoms with E-state index in [1.807, 2.05) is 0 Å². The van der Waals surface area contributed by atoms with Gasteiger partial charge in [0.2, 0.25) is 5.91 Å². The van der Waals surface area contributed by atoms with Crippen LogP contribution in [0.25, 0.3) is 0 Å². The Balaban J connectivity index is 1.96. The van der Waals surface area contributed by atoms with Crippen LogP contribution >= 0.6 is 11.6 Å². The van der Waals surface area contributed by atoms with E-state index < -0.39 is 6.04 Å². The van der Waals surface area contributed by atoms with Crippen molar-refractivity contribution < 1.29 is 9.21 Å². The molecule has 0 aliphatic rings. The van der Waals surface area contributed by atoms with E-state index in [0.29, 0.717) is 17.3 Å². The molecule has 2 aromatic heterocycles. The normalized spacial score (nSPS) is 12.3. The van der Waals surface area contributed by atoms with E-state index in [1.54, 1.807) is 25.3 Å². The summed E-state index contributed by atoms with van der Waals surface area (Å²) >= 11 is 5.78. The standard InChI is InChI=1S/C11H13ClN4O2/c1-7(16-6-9(12)10(13)15-16)11(17)14-5-8-3-2-4-18-8/h2-4,6-7H,5H2,1H3,(H2,13,15)(H,14,17). The molecular weight excluding hydrogens is 256 g/mol. The minimum atomic E-state index is -0.491. The van der Waals surface area contributed by atoms with Gasteiger partial charge in [-0.1, -0.05) is 11.6 Å². The van der Waals surface area contributed by atoms with Gasteiger partial charge >= 0.3 is 0 Å². The Labute approximate surface area is 109 Å². The molecule has 0 spiro atoms. The summed E-state index contributed by atoms with van der Waals surface area (Å²) in [4.78, 5) is 11.9. The molecule has 0 radical (unpaired) electrons. The predicted octanol–water partition coefficient (Wildman–Crippen LogP) is 1.59. The molecule has 2 aromatic rings. The first kappa shape index (κ1) is 12.5. The molecule has 6 nitrogen and oxygen atoms in total. The predicted molar refractivity (Wildman–Crippen MR) is 66.9 cm³/mol. The summed E-state index contributed by atoms with van der Waals surface area (Å²) in [7, 11) is 0. The maximum atomic E-state index is 11.9. The summed E-state index contributed by atoms with van der Waals surface area (Å²) in [5.74, 6) is 0.710. The second-order valence-electron chi connectivity index (χ2n) is 3.82. The van der Waals surface area contributed by atoms with Crippen molar-refractivity contribution in [2.75, 3.05) is 5.73 Å². The fourth-order valence-corrected chi connectivity index (χ4v) is 1.57. The Morgan fingerprint density at radius 2 is 2.50 bits per heavy atom. The lowest BCUT2D eigenvalue weighted by Gasteiger charge is -2.11. The molecule has 2 rings (SSSR count). The first-order valence-corrected chi connectivity index (χ1v) is 5.76. The summed E-state index contributed by atoms with van der Waals surface area (Å²) in [5, 5.41) is 7.02. The highest BCUT2D eigenvalue weighted by Gasteiger charge is 2.17. The number of halogens is 1. The number of carbonyl (C=O) groups excluding carboxylic acids is 1. The zero-order valence-corrected chi connectivity index (χ0v) is 10.5. The number of amides is 1. The lowest BCUT2D eigenvalue weighted by atomic mass is 10.3. The van der Waals surface area contributed by atoms with Crippen LogP contribution in [0, 0.1) is 0 Å². The molecule has 0 aliphatic carbocycles. The van der Waals surface area contributed by atoms with Crippen molar-refractivity contribution in [2.45, 2.75) is 19.5 Å². The van der Waals surface area contributed by atoms with Crippen LogP contribution < -0.4 is 11.1 Å². The first-order chi connectivity index (χ1) is 8.58. The van der Waals surface area contributed by atoms with Gasteiger partial charge < -0.3 is 15.5 Å². The van der Waals surface area contributed by atoms with Crippen molar-refractivity contribution >= 4 is 23.3 Å². The van der Waals surface area contributed by atoms with Crippen LogP contribution in [0.15, 0.2) is 29.0 Å². The third kappa shape index (κ3) is 2.65. The minimum Gasteiger partial charge on any atom is -0.467 e. The summed E-state index contributed by atoms with van der Waals surface area (Å²) in [5.41, 5.74) is 5.52. The van der Waals surface area contributed by atoms with Crippen molar-refractivity contribution in [3.63, 3.8) is 0 Å². The second-order valence-corrected chi connectivity index (χ2v) is 4.22. The Morgan fingerprint density at radius 1 is 1.72 bits per heavy atom. The third-order valence-electron chi connectivity index (χ3n) is 2.51. The zero-order valence-electron chi connectivity index (χ0n) is 9.76. The summed E-state index contributed by atoms with van der Waals surface area (Å²) < 4.78 is 6.54. The molecule has 18 heavy (non-hydrogen) atoms. The average molecular weight is 269 g/mol. The Bertz CT molecular complexity index is 516. The highest BCUT2D eigenvalue weighted by Crippen LogP contribution is 2.18. The number of nitrogens with zero attached hydrogens (tertiary/aromatic N) is 2. The van der Waals surface area contributed by atoms with E-state index in [9.17, 15) is 4.79 Å². The number of hydrogen-bond donors (Lipinski definition) is 2. The largest absolute Gasteiger partial charge is 0.467 e. The average Bonchev–Trinajstić information content (AvgIpc) is 2.96. The quantitative estimate of drug-likeness (QED) is 0.882. The van der Waals surface area contributed by atoms with Crippen molar-refractivity contribution in [2.24, 2.45) is 0 Å². The van der Waals surface area contributed by atoms with Gasteiger partial charge in [0.1, 0.15) is 16.8 Å². The Morgan fingerprint density at radius 3 is 3.06 bits per heavy atom. The van der Waals surface area contributed by atoms with Gasteiger partial charge in [0.05, 0.1) is 12.8 Å². The smallest absolute Gasteiger partial charge is 0.244 e. The van der Waals surface area contributed by atoms with Gasteiger partial charge in [0.25, 0.3) is 0 Å². The van der Waals surface area contributed by atoms with E-state index in [4.69, 9.17) is 21.8 Å². The molecule has 1 atom stereocenters. The number of aromatic nitrogens is 2. The topological polar surface area (TPSA) is 86.1 Å². The van der Waals surface area contributed by atoms with Crippen molar-refractivity contribution in [3.05, 3.63) is 35.4 Å². The summed E-state index contributed by atoms with van der Waals surface area (Å²) in [6.07, 6.45) is 3.08. The highest BCUT2D eigenvalue weighted by molar-refractivity contribution is 6.32. The van der Waals surface area contributed by atoms with Crippen molar-refractivity contribution in [3.8, 4) is 0 Å². The fraction of sp³-hybridized carbons (Fsp3) is 0.273. The lowest BCUT2D eigenvalue weighted by molar-refractivity contribution is -0.124. The second kappa shape index (κ2) is 5.14. The molecule has 7 heteroatoms. The molecule has 1 amide bonds. The highest BCUT2D eigenvalue weighted by atomic mass is 35.5. The molecule has 0 aliphatic heterocycles. The molecule has 0 saturated carbocycles. The maximum absolute atomic E-state index is 11.9. The fourth-order valence-electron chi connectivity index (χ4n) is 1.44. The van der Waals surface area contributed by atoms with Gasteiger partial charge in [-0.05, 0) is 19.1 Å². The molecule has 96 valence electrons. The lowest BCUT2D eigenvalue weighted by Crippen LogP contribution is -2.30. The van der Waals surface area contributed by atoms with Crippen molar-refractivity contribution in [1.29, 1.82) is 0 Å². The molecule has 1 unspecified atom stereocenters. The van der Waals surface area contributed by atoms with Crippen LogP contribution in [0.3, 0.4) is 0 Å². The number of carbonyl (C=O) groups is 1. The van der Waals surface area contributed by atoms with E-state index in [2.05, 4.69) is 10.4 Å². The van der Waals surface area contributed by atoms with Gasteiger partial charge in [-0.15, -0.1) is 0 Å². The van der Waals surface area contributed by atoms with Crippen LogP contribution in [0.1, 0.15) is 18.7 Å². The summed E-state index contributed by atoms with van der Waals surface area (Å²) in [6, 6.07) is 3.06. The van der Waals surface area contributed by atoms with Crippen molar-refractivity contribution in [1.82, 2.24) is 15.1 Å². The molecule has 2 heterocycles. The van der Waals surface area contributed by atoms with Gasteiger partial charge in [-0.2, -0.15) is 5.10 Å². The number of nitrogens with two attached hydrogens (primary N) is 1. The number of nitrogen functional groups attached to an aromatic ring is 1. The van der Waals surface area contributed by atoms with Crippen LogP contribution in [0.4, 0.5) is 5.82 Å². The molecule has 0 saturated heterocycles. The zero-order chi connectivity index (χ0) is 13.1. The molecule has 0 aromatic carbocycles. The van der Waals surface area contributed by atoms with E-state index in [1.165, 1.54) is 10.9 Å². The molecule has 3 N–H and O–H groups in total. The molecule has 0 fully saturated rings. The van der Waals surface area contributed by atoms with E-state index in [0.717, 1.165) is 0 Å². The van der Waals surface area contributed by atoms with Gasteiger partial charge in [0.15, 0.2) is 5.82 Å². The van der Waals surface area contributed by atoms with Crippen LogP contribution in [-0.4, -0.2) is 15.7 Å². The summed E-state index contributed by atoms with van der Waals surface area (Å²) in [6.45, 7) is 2.04. The van der Waals surface area contributed by atoms with E-state index in [-0.39, 0.29) is 11.7 Å². The number of hydrogen-bond acceptors (Lipinski definition) is 4. The number of furan rings is 1. The maximum Gasteiger partial charge on any atom is 0.244 e. The number of nitrogens with one attached hydrogen (secondary N) is 1. The minimum absolute atomic E-state index is 0.189. The van der Waals surface area contributed by atoms with Gasteiger partial charge in [-0.25, -0.2) is 0 Å². The Kier molecular flexibility index (Phi) is 3.57. The van der Waals surface area contributed by atoms with Gasteiger partial charge in [0, 0.05) is 6.20 Å². The van der Waals surface area contributed by atoms with Crippen LogP contribution in [0.5, 0.6) is 0 Å². The van der Waals surface area contributed by atoms with Gasteiger partial charge in [-0.3, -0.25) is 9.48 Å². The number of anilines is 1. The van der Waals surface area contributed by atoms with Crippen LogP contribution in [0.2, 0.25) is 5.02 Å². The first-order valence-electron chi connectivity index (χ1n) is 5.38. The van der Waals surface area contributed by atoms with Crippen LogP contribution in [-0.2, 0) is 11.3 Å². The number of rotatable bonds is 4. The van der Waals surface area contributed by atoms with E-state index >= 15 is 0 Å². The Hall–Kier alpha value is -1.95. The monoisotopic (exact) mass is 268 g/mol. The SMILES string of the molecule is CC(C(=O)NCc1ccco1)n1cc(Cl)c(N)n1.